The standard InChI is InChI=1S/C33H36N4O6S/c1-33(2,3)42-32(39)37-28-14-7-21(20-36-15-5-4-6-16-36)17-23(28)18-29(37)26-13-12-25(27-19-35-31(38)30(26)27)22-8-10-24(11-9-22)43-44(34,40)41/h7-14,17-18H,4-6,15-16,19-20H2,1-3H3,(H,35,38)(H2,34,40,41). The second-order valence-corrected chi connectivity index (χ2v) is 13.5. The van der Waals surface area contributed by atoms with Crippen molar-refractivity contribution in [1.29, 1.82) is 0 Å². The van der Waals surface area contributed by atoms with Crippen LogP contribution in [0.1, 0.15) is 61.5 Å². The minimum atomic E-state index is -4.15. The van der Waals surface area contributed by atoms with Crippen LogP contribution in [-0.2, 0) is 28.1 Å². The monoisotopic (exact) mass is 616 g/mol. The number of hydrogen-bond donors (Lipinski definition) is 2. The van der Waals surface area contributed by atoms with E-state index >= 15 is 0 Å². The molecule has 1 amide bonds. The first-order valence-electron chi connectivity index (χ1n) is 14.7. The fraction of sp³-hybridized carbons (Fsp3) is 0.333. The lowest BCUT2D eigenvalue weighted by Crippen LogP contribution is -2.29. The zero-order valence-electron chi connectivity index (χ0n) is 25.1. The molecule has 1 aromatic heterocycles. The van der Waals surface area contributed by atoms with E-state index in [0.29, 0.717) is 28.9 Å². The summed E-state index contributed by atoms with van der Waals surface area (Å²) in [5.41, 5.74) is 5.16. The lowest BCUT2D eigenvalue weighted by molar-refractivity contribution is 0.0546. The van der Waals surface area contributed by atoms with Gasteiger partial charge in [0.05, 0.1) is 16.8 Å². The summed E-state index contributed by atoms with van der Waals surface area (Å²) in [7, 11) is -4.15. The van der Waals surface area contributed by atoms with Crippen LogP contribution in [0, 0.1) is 0 Å². The Morgan fingerprint density at radius 3 is 2.34 bits per heavy atom. The van der Waals surface area contributed by atoms with Crippen molar-refractivity contribution in [1.82, 2.24) is 14.8 Å². The van der Waals surface area contributed by atoms with Crippen LogP contribution in [0.25, 0.3) is 33.3 Å². The SMILES string of the molecule is CC(C)(C)OC(=O)n1c(-c2ccc(-c3ccc(OS(N)(=O)=O)cc3)c3c2C(=O)NC3)cc2cc(CN3CCCCC3)ccc21. The van der Waals surface area contributed by atoms with Gasteiger partial charge >= 0.3 is 16.4 Å². The Morgan fingerprint density at radius 2 is 1.66 bits per heavy atom. The lowest BCUT2D eigenvalue weighted by Gasteiger charge is -2.26. The van der Waals surface area contributed by atoms with Crippen LogP contribution in [0.3, 0.4) is 0 Å². The molecule has 0 unspecified atom stereocenters. The molecule has 44 heavy (non-hydrogen) atoms. The number of nitrogens with two attached hydrogens (primary N) is 1. The first-order chi connectivity index (χ1) is 20.9. The van der Waals surface area contributed by atoms with E-state index < -0.39 is 22.0 Å². The molecule has 0 atom stereocenters. The highest BCUT2D eigenvalue weighted by Crippen LogP contribution is 2.39. The van der Waals surface area contributed by atoms with Crippen molar-refractivity contribution in [3.05, 3.63) is 77.4 Å². The highest BCUT2D eigenvalue weighted by Gasteiger charge is 2.30. The van der Waals surface area contributed by atoms with Crippen LogP contribution >= 0.6 is 0 Å². The minimum absolute atomic E-state index is 0.0836. The number of hydrogen-bond acceptors (Lipinski definition) is 7. The molecule has 2 aliphatic rings. The number of piperidine rings is 1. The summed E-state index contributed by atoms with van der Waals surface area (Å²) < 4.78 is 34.8. The Hall–Kier alpha value is -4.19. The van der Waals surface area contributed by atoms with Gasteiger partial charge in [-0.05, 0) is 99.3 Å². The zero-order valence-corrected chi connectivity index (χ0v) is 25.9. The number of fused-ring (bicyclic) bond motifs is 2. The van der Waals surface area contributed by atoms with Crippen LogP contribution in [0.4, 0.5) is 4.79 Å². The molecule has 3 heterocycles. The maximum Gasteiger partial charge on any atom is 0.419 e. The summed E-state index contributed by atoms with van der Waals surface area (Å²) in [5, 5.41) is 8.81. The van der Waals surface area contributed by atoms with Crippen molar-refractivity contribution >= 4 is 33.2 Å². The second kappa shape index (κ2) is 11.4. The summed E-state index contributed by atoms with van der Waals surface area (Å²) >= 11 is 0. The van der Waals surface area contributed by atoms with Crippen molar-refractivity contribution in [2.45, 2.75) is 58.7 Å². The number of carbonyl (C=O) groups excluding carboxylic acids is 2. The zero-order chi connectivity index (χ0) is 31.2. The quantitative estimate of drug-likeness (QED) is 0.289. The third-order valence-electron chi connectivity index (χ3n) is 7.92. The predicted molar refractivity (Wildman–Crippen MR) is 168 cm³/mol. The Labute approximate surface area is 257 Å². The number of benzene rings is 3. The van der Waals surface area contributed by atoms with E-state index in [1.165, 1.54) is 37.0 Å². The molecule has 230 valence electrons. The fourth-order valence-corrected chi connectivity index (χ4v) is 6.48. The number of rotatable bonds is 6. The van der Waals surface area contributed by atoms with Gasteiger partial charge in [-0.25, -0.2) is 9.36 Å². The van der Waals surface area contributed by atoms with E-state index in [-0.39, 0.29) is 11.7 Å². The van der Waals surface area contributed by atoms with E-state index in [0.717, 1.165) is 41.7 Å². The molecule has 11 heteroatoms. The third kappa shape index (κ3) is 6.21. The molecule has 10 nitrogen and oxygen atoms in total. The average Bonchev–Trinajstić information content (AvgIpc) is 3.53. The van der Waals surface area contributed by atoms with Crippen molar-refractivity contribution in [3.63, 3.8) is 0 Å². The molecule has 1 fully saturated rings. The maximum atomic E-state index is 13.7. The van der Waals surface area contributed by atoms with Gasteiger partial charge < -0.3 is 14.2 Å². The first-order valence-corrected chi connectivity index (χ1v) is 16.2. The highest BCUT2D eigenvalue weighted by atomic mass is 32.2. The molecule has 3 N–H and O–H groups in total. The molecular weight excluding hydrogens is 580 g/mol. The minimum Gasteiger partial charge on any atom is -0.443 e. The van der Waals surface area contributed by atoms with E-state index in [2.05, 4.69) is 22.3 Å². The van der Waals surface area contributed by atoms with E-state index in [1.807, 2.05) is 45.0 Å². The summed E-state index contributed by atoms with van der Waals surface area (Å²) in [6, 6.07) is 18.3. The van der Waals surface area contributed by atoms with Crippen LogP contribution in [0.5, 0.6) is 5.75 Å². The predicted octanol–water partition coefficient (Wildman–Crippen LogP) is 5.57. The van der Waals surface area contributed by atoms with Gasteiger partial charge in [-0.15, -0.1) is 0 Å². The number of nitrogens with zero attached hydrogens (tertiary/aromatic N) is 2. The van der Waals surface area contributed by atoms with Crippen LogP contribution < -0.4 is 14.6 Å². The van der Waals surface area contributed by atoms with Crippen LogP contribution in [-0.4, -0.2) is 48.6 Å². The summed E-state index contributed by atoms with van der Waals surface area (Å²) in [5.74, 6) is -0.155. The smallest absolute Gasteiger partial charge is 0.419 e. The number of aromatic nitrogens is 1. The number of likely N-dealkylation sites (tertiary alicyclic amines) is 1. The molecule has 0 bridgehead atoms. The molecule has 1 saturated heterocycles. The van der Waals surface area contributed by atoms with Gasteiger partial charge in [-0.1, -0.05) is 36.8 Å². The van der Waals surface area contributed by atoms with Gasteiger partial charge in [0.1, 0.15) is 11.4 Å². The molecule has 0 radical (unpaired) electrons. The van der Waals surface area contributed by atoms with Gasteiger partial charge in [0, 0.05) is 24.0 Å². The number of nitrogens with one attached hydrogen (secondary N) is 1. The number of ether oxygens (including phenoxy) is 1. The molecule has 0 aliphatic carbocycles. The second-order valence-electron chi connectivity index (χ2n) is 12.4. The summed E-state index contributed by atoms with van der Waals surface area (Å²) in [4.78, 5) is 29.5. The lowest BCUT2D eigenvalue weighted by atomic mass is 9.92. The first kappa shape index (κ1) is 29.9. The summed E-state index contributed by atoms with van der Waals surface area (Å²) in [6.45, 7) is 8.79. The number of amides is 1. The van der Waals surface area contributed by atoms with Gasteiger partial charge in [0.25, 0.3) is 5.91 Å². The van der Waals surface area contributed by atoms with E-state index in [1.54, 1.807) is 16.7 Å². The average molecular weight is 617 g/mol. The third-order valence-corrected chi connectivity index (χ3v) is 8.34. The molecule has 0 saturated carbocycles. The van der Waals surface area contributed by atoms with Crippen molar-refractivity contribution < 1.29 is 26.9 Å². The van der Waals surface area contributed by atoms with Gasteiger partial charge in [0.15, 0.2) is 0 Å². The van der Waals surface area contributed by atoms with Crippen molar-refractivity contribution in [2.75, 3.05) is 13.1 Å². The van der Waals surface area contributed by atoms with E-state index in [4.69, 9.17) is 14.1 Å². The Morgan fingerprint density at radius 1 is 0.955 bits per heavy atom. The van der Waals surface area contributed by atoms with E-state index in [9.17, 15) is 18.0 Å². The molecule has 2 aliphatic heterocycles. The van der Waals surface area contributed by atoms with Gasteiger partial charge in [0.2, 0.25) is 0 Å². The van der Waals surface area contributed by atoms with Crippen molar-refractivity contribution in [2.24, 2.45) is 5.14 Å². The van der Waals surface area contributed by atoms with Crippen molar-refractivity contribution in [3.8, 4) is 28.1 Å². The van der Waals surface area contributed by atoms with Crippen LogP contribution in [0.15, 0.2) is 60.7 Å². The number of carbonyl (C=O) groups is 2. The summed E-state index contributed by atoms with van der Waals surface area (Å²) in [6.07, 6.45) is 3.16. The topological polar surface area (TPSA) is 133 Å². The fourth-order valence-electron chi connectivity index (χ4n) is 6.10. The highest BCUT2D eigenvalue weighted by molar-refractivity contribution is 7.84. The maximum absolute atomic E-state index is 13.7. The molecular formula is C33H36N4O6S. The Bertz CT molecular complexity index is 1870. The largest absolute Gasteiger partial charge is 0.443 e. The van der Waals surface area contributed by atoms with Gasteiger partial charge in [-0.2, -0.15) is 13.6 Å². The van der Waals surface area contributed by atoms with Gasteiger partial charge in [-0.3, -0.25) is 9.69 Å². The Balaban J connectivity index is 1.45. The molecule has 3 aromatic carbocycles. The van der Waals surface area contributed by atoms with Crippen LogP contribution in [0.2, 0.25) is 0 Å². The molecule has 6 rings (SSSR count). The normalized spacial score (nSPS) is 15.7. The molecule has 4 aromatic rings. The Kier molecular flexibility index (Phi) is 7.73. The molecule has 0 spiro atoms.